The molecular formula is C4H6F2O3. The van der Waals surface area contributed by atoms with Crippen LogP contribution in [0.25, 0.3) is 0 Å². The number of methoxy groups -OCH3 is 2. The number of alkyl halides is 2. The fourth-order valence-corrected chi connectivity index (χ4v) is 0.202. The van der Waals surface area contributed by atoms with Crippen molar-refractivity contribution in [1.29, 1.82) is 0 Å². The first-order valence-electron chi connectivity index (χ1n) is 2.06. The lowest BCUT2D eigenvalue weighted by Gasteiger charge is -2.09. The van der Waals surface area contributed by atoms with E-state index >= 15 is 0 Å². The van der Waals surface area contributed by atoms with Gasteiger partial charge in [0.15, 0.2) is 0 Å². The van der Waals surface area contributed by atoms with E-state index in [-0.39, 0.29) is 0 Å². The fourth-order valence-electron chi connectivity index (χ4n) is 0.202. The summed E-state index contributed by atoms with van der Waals surface area (Å²) in [5, 5.41) is 0. The molecule has 0 heterocycles. The predicted octanol–water partition coefficient (Wildman–Crippen LogP) is 0.399. The second kappa shape index (κ2) is 2.72. The molecule has 0 bridgehead atoms. The molecule has 0 unspecified atom stereocenters. The van der Waals surface area contributed by atoms with Crippen LogP contribution in [0, 0.1) is 0 Å². The number of hydrogen-bond acceptors (Lipinski definition) is 3. The SMILES string of the molecule is COC(=O)C(F)(F)OC. The van der Waals surface area contributed by atoms with Gasteiger partial charge < -0.3 is 9.47 Å². The van der Waals surface area contributed by atoms with E-state index in [0.717, 1.165) is 14.2 Å². The molecule has 9 heavy (non-hydrogen) atoms. The summed E-state index contributed by atoms with van der Waals surface area (Å²) in [6, 6.07) is 0. The molecule has 0 N–H and O–H groups in total. The Morgan fingerprint density at radius 2 is 1.89 bits per heavy atom. The van der Waals surface area contributed by atoms with Crippen molar-refractivity contribution in [3.05, 3.63) is 0 Å². The van der Waals surface area contributed by atoms with E-state index in [1.54, 1.807) is 0 Å². The number of esters is 1. The maximum absolute atomic E-state index is 11.8. The van der Waals surface area contributed by atoms with Crippen molar-refractivity contribution in [2.24, 2.45) is 0 Å². The van der Waals surface area contributed by atoms with Crippen molar-refractivity contribution < 1.29 is 23.0 Å². The van der Waals surface area contributed by atoms with Gasteiger partial charge in [0.25, 0.3) is 0 Å². The van der Waals surface area contributed by atoms with Crippen LogP contribution < -0.4 is 0 Å². The van der Waals surface area contributed by atoms with Crippen molar-refractivity contribution in [2.45, 2.75) is 6.11 Å². The van der Waals surface area contributed by atoms with Crippen molar-refractivity contribution in [2.75, 3.05) is 14.2 Å². The van der Waals surface area contributed by atoms with Gasteiger partial charge in [-0.25, -0.2) is 4.79 Å². The van der Waals surface area contributed by atoms with Crippen molar-refractivity contribution in [3.63, 3.8) is 0 Å². The molecule has 0 spiro atoms. The largest absolute Gasteiger partial charge is 0.463 e. The molecule has 0 atom stereocenters. The summed E-state index contributed by atoms with van der Waals surface area (Å²) in [6.07, 6.45) is -3.81. The van der Waals surface area contributed by atoms with Crippen molar-refractivity contribution >= 4 is 5.97 Å². The molecule has 3 nitrogen and oxygen atoms in total. The fraction of sp³-hybridized carbons (Fsp3) is 0.750. The summed E-state index contributed by atoms with van der Waals surface area (Å²) in [4.78, 5) is 9.97. The Morgan fingerprint density at radius 3 is 2.00 bits per heavy atom. The highest BCUT2D eigenvalue weighted by atomic mass is 19.3. The van der Waals surface area contributed by atoms with E-state index < -0.39 is 12.1 Å². The van der Waals surface area contributed by atoms with Gasteiger partial charge in [-0.1, -0.05) is 0 Å². The zero-order valence-electron chi connectivity index (χ0n) is 4.98. The lowest BCUT2D eigenvalue weighted by atomic mass is 10.6. The van der Waals surface area contributed by atoms with E-state index in [1.807, 2.05) is 0 Å². The Morgan fingerprint density at radius 1 is 1.44 bits per heavy atom. The molecule has 0 radical (unpaired) electrons. The second-order valence-corrected chi connectivity index (χ2v) is 1.21. The van der Waals surface area contributed by atoms with Crippen LogP contribution in [0.4, 0.5) is 8.78 Å². The third kappa shape index (κ3) is 1.93. The molecule has 5 heteroatoms. The van der Waals surface area contributed by atoms with Crippen LogP contribution >= 0.6 is 0 Å². The molecule has 0 aliphatic carbocycles. The highest BCUT2D eigenvalue weighted by molar-refractivity contribution is 5.75. The smallest absolute Gasteiger partial charge is 0.455 e. The first-order valence-corrected chi connectivity index (χ1v) is 2.06. The highest BCUT2D eigenvalue weighted by Crippen LogP contribution is 2.14. The zero-order valence-corrected chi connectivity index (χ0v) is 4.98. The average molecular weight is 140 g/mol. The summed E-state index contributed by atoms with van der Waals surface area (Å²) in [5.41, 5.74) is 0. The maximum atomic E-state index is 11.8. The van der Waals surface area contributed by atoms with Crippen LogP contribution in [0.3, 0.4) is 0 Å². The van der Waals surface area contributed by atoms with Crippen LogP contribution in [0.2, 0.25) is 0 Å². The van der Waals surface area contributed by atoms with Crippen LogP contribution in [-0.2, 0) is 14.3 Å². The number of halogens is 2. The van der Waals surface area contributed by atoms with E-state index in [2.05, 4.69) is 9.47 Å². The Kier molecular flexibility index (Phi) is 2.51. The minimum atomic E-state index is -3.81. The van der Waals surface area contributed by atoms with Crippen LogP contribution in [-0.4, -0.2) is 26.3 Å². The Bertz CT molecular complexity index is 112. The Labute approximate surface area is 50.6 Å². The first-order chi connectivity index (χ1) is 4.04. The molecule has 0 aromatic rings. The minimum Gasteiger partial charge on any atom is -0.463 e. The molecule has 0 fully saturated rings. The summed E-state index contributed by atoms with van der Waals surface area (Å²) in [6.45, 7) is 0. The van der Waals surface area contributed by atoms with Crippen LogP contribution in [0.15, 0.2) is 0 Å². The topological polar surface area (TPSA) is 35.5 Å². The molecule has 54 valence electrons. The third-order valence-electron chi connectivity index (χ3n) is 0.679. The van der Waals surface area contributed by atoms with E-state index in [9.17, 15) is 13.6 Å². The zero-order chi connectivity index (χ0) is 7.49. The Hall–Kier alpha value is -0.710. The lowest BCUT2D eigenvalue weighted by Crippen LogP contribution is -2.31. The first kappa shape index (κ1) is 8.29. The molecule has 0 aromatic carbocycles. The molecule has 0 aromatic heterocycles. The molecule has 0 saturated carbocycles. The number of carbonyl (C=O) groups is 1. The lowest BCUT2D eigenvalue weighted by molar-refractivity contribution is -0.237. The van der Waals surface area contributed by atoms with Gasteiger partial charge in [-0.3, -0.25) is 0 Å². The molecular weight excluding hydrogens is 134 g/mol. The molecule has 0 rings (SSSR count). The van der Waals surface area contributed by atoms with E-state index in [4.69, 9.17) is 0 Å². The number of rotatable bonds is 2. The predicted molar refractivity (Wildman–Crippen MR) is 24.0 cm³/mol. The highest BCUT2D eigenvalue weighted by Gasteiger charge is 2.40. The maximum Gasteiger partial charge on any atom is 0.455 e. The van der Waals surface area contributed by atoms with Crippen LogP contribution in [0.5, 0.6) is 0 Å². The third-order valence-corrected chi connectivity index (χ3v) is 0.679. The van der Waals surface area contributed by atoms with Gasteiger partial charge in [0.2, 0.25) is 0 Å². The van der Waals surface area contributed by atoms with Gasteiger partial charge >= 0.3 is 12.1 Å². The minimum absolute atomic E-state index is 0.719. The van der Waals surface area contributed by atoms with Gasteiger partial charge in [0.1, 0.15) is 0 Å². The van der Waals surface area contributed by atoms with Gasteiger partial charge in [-0.15, -0.1) is 0 Å². The normalized spacial score (nSPS) is 11.1. The quantitative estimate of drug-likeness (QED) is 0.521. The second-order valence-electron chi connectivity index (χ2n) is 1.21. The Balaban J connectivity index is 3.97. The van der Waals surface area contributed by atoms with Crippen molar-refractivity contribution in [1.82, 2.24) is 0 Å². The van der Waals surface area contributed by atoms with Crippen molar-refractivity contribution in [3.8, 4) is 0 Å². The van der Waals surface area contributed by atoms with Crippen LogP contribution in [0.1, 0.15) is 0 Å². The van der Waals surface area contributed by atoms with Gasteiger partial charge in [0.05, 0.1) is 7.11 Å². The standard InChI is InChI=1S/C4H6F2O3/c1-8-3(7)4(5,6)9-2/h1-2H3. The number of carbonyl (C=O) groups excluding carboxylic acids is 1. The number of hydrogen-bond donors (Lipinski definition) is 0. The van der Waals surface area contributed by atoms with E-state index in [0.29, 0.717) is 0 Å². The van der Waals surface area contributed by atoms with Gasteiger partial charge in [-0.2, -0.15) is 8.78 Å². The number of ether oxygens (including phenoxy) is 2. The molecule has 0 aliphatic heterocycles. The van der Waals surface area contributed by atoms with E-state index in [1.165, 1.54) is 0 Å². The summed E-state index contributed by atoms with van der Waals surface area (Å²) >= 11 is 0. The molecule has 0 amide bonds. The van der Waals surface area contributed by atoms with Gasteiger partial charge in [0, 0.05) is 7.11 Å². The summed E-state index contributed by atoms with van der Waals surface area (Å²) in [7, 11) is 1.58. The summed E-state index contributed by atoms with van der Waals surface area (Å²) in [5.74, 6) is -1.69. The summed E-state index contributed by atoms with van der Waals surface area (Å²) < 4.78 is 30.9. The molecule has 0 aliphatic rings. The van der Waals surface area contributed by atoms with Gasteiger partial charge in [-0.05, 0) is 0 Å². The average Bonchev–Trinajstić information content (AvgIpc) is 1.86. The monoisotopic (exact) mass is 140 g/mol. The molecule has 0 saturated heterocycles.